The number of esters is 1. The smallest absolute Gasteiger partial charge is 0.325 e. The van der Waals surface area contributed by atoms with Crippen LogP contribution in [0.1, 0.15) is 12.5 Å². The number of nitrogens with zero attached hydrogens (tertiary/aromatic N) is 2. The largest absolute Gasteiger partial charge is 0.468 e. The van der Waals surface area contributed by atoms with Crippen molar-refractivity contribution in [2.24, 2.45) is 4.99 Å². The first-order valence-corrected chi connectivity index (χ1v) is 10.6. The summed E-state index contributed by atoms with van der Waals surface area (Å²) in [5.74, 6) is -1.71. The molecule has 0 saturated heterocycles. The lowest BCUT2D eigenvalue weighted by molar-refractivity contribution is -0.141. The molecule has 3 rings (SSSR count). The van der Waals surface area contributed by atoms with Crippen LogP contribution in [0, 0.1) is 11.6 Å². The number of rotatable bonds is 6. The van der Waals surface area contributed by atoms with Crippen LogP contribution in [0.5, 0.6) is 0 Å². The van der Waals surface area contributed by atoms with Crippen molar-refractivity contribution in [3.05, 3.63) is 58.4 Å². The van der Waals surface area contributed by atoms with Gasteiger partial charge in [-0.1, -0.05) is 30.4 Å². The summed E-state index contributed by atoms with van der Waals surface area (Å²) in [5.41, 5.74) is 0.798. The molecule has 0 fully saturated rings. The van der Waals surface area contributed by atoms with Crippen LogP contribution in [0.25, 0.3) is 10.2 Å². The van der Waals surface area contributed by atoms with Crippen LogP contribution in [0.4, 0.5) is 8.78 Å². The van der Waals surface area contributed by atoms with Crippen LogP contribution in [-0.4, -0.2) is 29.3 Å². The third kappa shape index (κ3) is 5.10. The van der Waals surface area contributed by atoms with Gasteiger partial charge in [-0.2, -0.15) is 4.99 Å². The second-order valence-corrected chi connectivity index (χ2v) is 8.39. The molecule has 0 radical (unpaired) electrons. The van der Waals surface area contributed by atoms with E-state index in [4.69, 9.17) is 0 Å². The summed E-state index contributed by atoms with van der Waals surface area (Å²) in [6.07, 6.45) is 0.0559. The van der Waals surface area contributed by atoms with Gasteiger partial charge < -0.3 is 9.30 Å². The fourth-order valence-electron chi connectivity index (χ4n) is 2.75. The number of carbonyl (C=O) groups is 2. The maximum Gasteiger partial charge on any atom is 0.325 e. The van der Waals surface area contributed by atoms with Gasteiger partial charge in [-0.3, -0.25) is 9.59 Å². The molecule has 0 bridgehead atoms. The number of hydrogen-bond acceptors (Lipinski definition) is 5. The Hall–Kier alpha value is -2.52. The SMILES string of the molecule is CCSc1ccc(CC(=O)N=c2sc3cc(F)cc(F)c3n2CC(=O)OC)cc1. The molecule has 1 amide bonds. The molecule has 0 aliphatic carbocycles. The Bertz CT molecular complexity index is 1120. The highest BCUT2D eigenvalue weighted by Gasteiger charge is 2.16. The van der Waals surface area contributed by atoms with E-state index in [1.807, 2.05) is 24.3 Å². The maximum atomic E-state index is 14.3. The molecule has 5 nitrogen and oxygen atoms in total. The highest BCUT2D eigenvalue weighted by molar-refractivity contribution is 7.99. The molecule has 152 valence electrons. The number of thioether (sulfide) groups is 1. The molecule has 0 spiro atoms. The summed E-state index contributed by atoms with van der Waals surface area (Å²) in [5, 5.41) is 0. The summed E-state index contributed by atoms with van der Waals surface area (Å²) in [6, 6.07) is 9.45. The fourth-order valence-corrected chi connectivity index (χ4v) is 4.49. The molecule has 0 aliphatic rings. The minimum absolute atomic E-state index is 0.00860. The van der Waals surface area contributed by atoms with E-state index < -0.39 is 23.5 Å². The third-order valence-corrected chi connectivity index (χ3v) is 5.94. The molecule has 0 N–H and O–H groups in total. The van der Waals surface area contributed by atoms with Gasteiger partial charge >= 0.3 is 5.97 Å². The number of fused-ring (bicyclic) bond motifs is 1. The first kappa shape index (κ1) is 21.2. The van der Waals surface area contributed by atoms with Crippen molar-refractivity contribution in [1.82, 2.24) is 4.57 Å². The quantitative estimate of drug-likeness (QED) is 0.434. The number of hydrogen-bond donors (Lipinski definition) is 0. The molecule has 1 aromatic heterocycles. The van der Waals surface area contributed by atoms with E-state index >= 15 is 0 Å². The van der Waals surface area contributed by atoms with E-state index in [1.165, 1.54) is 11.7 Å². The molecular formula is C20H18F2N2O3S2. The average Bonchev–Trinajstić information content (AvgIpc) is 3.00. The van der Waals surface area contributed by atoms with E-state index in [0.717, 1.165) is 39.7 Å². The van der Waals surface area contributed by atoms with Crippen LogP contribution >= 0.6 is 23.1 Å². The zero-order chi connectivity index (χ0) is 21.0. The lowest BCUT2D eigenvalue weighted by atomic mass is 10.1. The standard InChI is InChI=1S/C20H18F2N2O3S2/c1-3-28-14-6-4-12(5-7-14)8-17(25)23-20-24(11-18(26)27-2)19-15(22)9-13(21)10-16(19)29-20/h4-7,9-10H,3,8,11H2,1-2H3. The number of aromatic nitrogens is 1. The van der Waals surface area contributed by atoms with Gasteiger partial charge in [-0.15, -0.1) is 11.8 Å². The van der Waals surface area contributed by atoms with E-state index in [-0.39, 0.29) is 28.0 Å². The summed E-state index contributed by atoms with van der Waals surface area (Å²) in [6.45, 7) is 1.72. The fraction of sp³-hybridized carbons (Fsp3) is 0.250. The van der Waals surface area contributed by atoms with Crippen LogP contribution in [-0.2, 0) is 27.3 Å². The van der Waals surface area contributed by atoms with Gasteiger partial charge in [0.1, 0.15) is 12.4 Å². The summed E-state index contributed by atoms with van der Waals surface area (Å²) >= 11 is 2.64. The molecule has 2 aromatic carbocycles. The van der Waals surface area contributed by atoms with Crippen molar-refractivity contribution < 1.29 is 23.1 Å². The molecule has 9 heteroatoms. The number of benzene rings is 2. The van der Waals surface area contributed by atoms with Gasteiger partial charge in [0.2, 0.25) is 0 Å². The van der Waals surface area contributed by atoms with Gasteiger partial charge in [-0.05, 0) is 29.5 Å². The Morgan fingerprint density at radius 3 is 2.59 bits per heavy atom. The Labute approximate surface area is 174 Å². The van der Waals surface area contributed by atoms with Crippen molar-refractivity contribution in [3.8, 4) is 0 Å². The van der Waals surface area contributed by atoms with Crippen molar-refractivity contribution >= 4 is 45.2 Å². The molecule has 0 unspecified atom stereocenters. The minimum Gasteiger partial charge on any atom is -0.468 e. The molecule has 0 atom stereocenters. The van der Waals surface area contributed by atoms with Crippen LogP contribution in [0.2, 0.25) is 0 Å². The molecule has 0 aliphatic heterocycles. The summed E-state index contributed by atoms with van der Waals surface area (Å²) in [7, 11) is 1.20. The summed E-state index contributed by atoms with van der Waals surface area (Å²) in [4.78, 5) is 29.5. The number of carbonyl (C=O) groups excluding carboxylic acids is 2. The molecule has 1 heterocycles. The first-order valence-electron chi connectivity index (χ1n) is 8.75. The van der Waals surface area contributed by atoms with Crippen LogP contribution in [0.15, 0.2) is 46.3 Å². The molecule has 29 heavy (non-hydrogen) atoms. The number of halogens is 2. The van der Waals surface area contributed by atoms with E-state index in [2.05, 4.69) is 16.7 Å². The number of methoxy groups -OCH3 is 1. The van der Waals surface area contributed by atoms with Crippen molar-refractivity contribution in [2.45, 2.75) is 24.8 Å². The van der Waals surface area contributed by atoms with E-state index in [1.54, 1.807) is 11.8 Å². The normalized spacial score (nSPS) is 11.8. The van der Waals surface area contributed by atoms with E-state index in [0.29, 0.717) is 0 Å². The maximum absolute atomic E-state index is 14.3. The number of amides is 1. The third-order valence-electron chi connectivity index (χ3n) is 4.02. The Kier molecular flexibility index (Phi) is 6.81. The zero-order valence-corrected chi connectivity index (χ0v) is 17.4. The second kappa shape index (κ2) is 9.32. The van der Waals surface area contributed by atoms with Gasteiger partial charge in [-0.25, -0.2) is 8.78 Å². The molecule has 0 saturated carbocycles. The van der Waals surface area contributed by atoms with Crippen molar-refractivity contribution in [1.29, 1.82) is 0 Å². The molecule has 3 aromatic rings. The topological polar surface area (TPSA) is 60.7 Å². The van der Waals surface area contributed by atoms with Crippen LogP contribution in [0.3, 0.4) is 0 Å². The Morgan fingerprint density at radius 1 is 1.21 bits per heavy atom. The summed E-state index contributed by atoms with van der Waals surface area (Å²) < 4.78 is 34.0. The highest BCUT2D eigenvalue weighted by Crippen LogP contribution is 2.22. The van der Waals surface area contributed by atoms with Gasteiger partial charge in [0, 0.05) is 11.0 Å². The predicted molar refractivity (Wildman–Crippen MR) is 109 cm³/mol. The number of thiazole rings is 1. The lowest BCUT2D eigenvalue weighted by Crippen LogP contribution is -2.23. The minimum atomic E-state index is -0.835. The van der Waals surface area contributed by atoms with Gasteiger partial charge in [0.05, 0.1) is 23.7 Å². The monoisotopic (exact) mass is 436 g/mol. The number of ether oxygens (including phenoxy) is 1. The van der Waals surface area contributed by atoms with Gasteiger partial charge in [0.15, 0.2) is 10.6 Å². The average molecular weight is 437 g/mol. The molecular weight excluding hydrogens is 418 g/mol. The first-order chi connectivity index (χ1) is 13.9. The van der Waals surface area contributed by atoms with Gasteiger partial charge in [0.25, 0.3) is 5.91 Å². The van der Waals surface area contributed by atoms with Crippen LogP contribution < -0.4 is 4.80 Å². The highest BCUT2D eigenvalue weighted by atomic mass is 32.2. The van der Waals surface area contributed by atoms with Crippen molar-refractivity contribution in [2.75, 3.05) is 12.9 Å². The second-order valence-electron chi connectivity index (χ2n) is 6.04. The predicted octanol–water partition coefficient (Wildman–Crippen LogP) is 3.94. The zero-order valence-electron chi connectivity index (χ0n) is 15.8. The Morgan fingerprint density at radius 2 is 1.93 bits per heavy atom. The van der Waals surface area contributed by atoms with E-state index in [9.17, 15) is 18.4 Å². The van der Waals surface area contributed by atoms with Crippen molar-refractivity contribution in [3.63, 3.8) is 0 Å². The Balaban J connectivity index is 1.97. The lowest BCUT2D eigenvalue weighted by Gasteiger charge is -2.04.